The maximum Gasteiger partial charge on any atom is 0.243 e. The van der Waals surface area contributed by atoms with Gasteiger partial charge in [-0.1, -0.05) is 26.7 Å². The topological polar surface area (TPSA) is 130 Å². The first-order valence-electron chi connectivity index (χ1n) is 12.7. The number of hydrogen-bond donors (Lipinski definition) is 1. The van der Waals surface area contributed by atoms with Crippen LogP contribution in [0, 0.1) is 11.8 Å². The molecule has 1 aromatic heterocycles. The van der Waals surface area contributed by atoms with Crippen LogP contribution in [0.1, 0.15) is 51.7 Å². The van der Waals surface area contributed by atoms with E-state index in [0.717, 1.165) is 25.7 Å². The number of hydrogen-bond acceptors (Lipinski definition) is 8. The minimum absolute atomic E-state index is 0.0290. The minimum Gasteiger partial charge on any atom is -0.497 e. The van der Waals surface area contributed by atoms with Crippen LogP contribution < -0.4 is 4.74 Å². The predicted molar refractivity (Wildman–Crippen MR) is 140 cm³/mol. The Kier molecular flexibility index (Phi) is 10.5. The van der Waals surface area contributed by atoms with Crippen LogP contribution in [0.4, 0.5) is 0 Å². The van der Waals surface area contributed by atoms with Crippen molar-refractivity contribution in [1.29, 1.82) is 0 Å². The fourth-order valence-electron chi connectivity index (χ4n) is 4.60. The molecule has 0 aliphatic heterocycles. The maximum atomic E-state index is 13.4. The van der Waals surface area contributed by atoms with Gasteiger partial charge in [0.1, 0.15) is 17.3 Å². The van der Waals surface area contributed by atoms with Gasteiger partial charge in [0.15, 0.2) is 6.39 Å². The third-order valence-electron chi connectivity index (χ3n) is 6.53. The quantitative estimate of drug-likeness (QED) is 0.354. The number of benzene rings is 1. The van der Waals surface area contributed by atoms with Crippen LogP contribution in [0.3, 0.4) is 0 Å². The molecule has 37 heavy (non-hydrogen) atoms. The predicted octanol–water partition coefficient (Wildman–Crippen LogP) is 3.10. The molecule has 0 amide bonds. The molecule has 1 N–H and O–H groups in total. The lowest BCUT2D eigenvalue weighted by molar-refractivity contribution is 0.125. The van der Waals surface area contributed by atoms with E-state index in [4.69, 9.17) is 9.15 Å². The summed E-state index contributed by atoms with van der Waals surface area (Å²) >= 11 is 0. The number of aromatic nitrogens is 1. The second kappa shape index (κ2) is 13.2. The van der Waals surface area contributed by atoms with Crippen LogP contribution in [0.15, 0.2) is 46.2 Å². The number of oxazole rings is 1. The van der Waals surface area contributed by atoms with Gasteiger partial charge in [-0.15, -0.1) is 0 Å². The van der Waals surface area contributed by atoms with Gasteiger partial charge in [0.2, 0.25) is 20.0 Å². The summed E-state index contributed by atoms with van der Waals surface area (Å²) in [6.07, 6.45) is 5.75. The van der Waals surface area contributed by atoms with Gasteiger partial charge in [-0.05, 0) is 55.4 Å². The molecule has 3 rings (SSSR count). The van der Waals surface area contributed by atoms with E-state index in [9.17, 15) is 21.9 Å². The number of sulfonamides is 2. The third kappa shape index (κ3) is 8.51. The summed E-state index contributed by atoms with van der Waals surface area (Å²) in [7, 11) is -6.07. The van der Waals surface area contributed by atoms with Gasteiger partial charge >= 0.3 is 0 Å². The fourth-order valence-corrected chi connectivity index (χ4v) is 7.75. The molecule has 0 radical (unpaired) electrons. The largest absolute Gasteiger partial charge is 0.497 e. The van der Waals surface area contributed by atoms with Crippen molar-refractivity contribution in [3.63, 3.8) is 0 Å². The van der Waals surface area contributed by atoms with Crippen molar-refractivity contribution in [2.45, 2.75) is 62.7 Å². The van der Waals surface area contributed by atoms with Crippen LogP contribution >= 0.6 is 0 Å². The first-order chi connectivity index (χ1) is 17.5. The Morgan fingerprint density at radius 1 is 1.08 bits per heavy atom. The average molecular weight is 558 g/mol. The van der Waals surface area contributed by atoms with Gasteiger partial charge in [0.25, 0.3) is 0 Å². The monoisotopic (exact) mass is 557 g/mol. The molecule has 0 unspecified atom stereocenters. The highest BCUT2D eigenvalue weighted by atomic mass is 32.2. The van der Waals surface area contributed by atoms with Crippen molar-refractivity contribution in [2.75, 3.05) is 33.3 Å². The second-order valence-corrected chi connectivity index (χ2v) is 14.0. The lowest BCUT2D eigenvalue weighted by Crippen LogP contribution is -2.42. The highest BCUT2D eigenvalue weighted by molar-refractivity contribution is 7.89. The standard InChI is InChI=1S/C25H39N3O7S2/c1-20(2)15-28(37(32,33)25-10-8-23(34-3)9-11-25)17-22(29)12-13-27(16-21-6-4-5-7-21)36(30,31)18-24-14-26-19-35-24/h8-11,14,19-22,29H,4-7,12-13,15-18H2,1-3H3/t22-/m0/s1. The molecule has 10 nitrogen and oxygen atoms in total. The average Bonchev–Trinajstić information content (AvgIpc) is 3.55. The Morgan fingerprint density at radius 2 is 1.76 bits per heavy atom. The smallest absolute Gasteiger partial charge is 0.243 e. The zero-order valence-corrected chi connectivity index (χ0v) is 23.5. The SMILES string of the molecule is COc1ccc(S(=O)(=O)N(CC(C)C)C[C@@H](O)CCN(CC2CCCC2)S(=O)(=O)Cc2cnco2)cc1. The Morgan fingerprint density at radius 3 is 2.32 bits per heavy atom. The van der Waals surface area contributed by atoms with Gasteiger partial charge in [-0.3, -0.25) is 0 Å². The third-order valence-corrected chi connectivity index (χ3v) is 10.1. The number of aliphatic hydroxyl groups excluding tert-OH is 1. The van der Waals surface area contributed by atoms with Crippen molar-refractivity contribution in [3.8, 4) is 5.75 Å². The van der Waals surface area contributed by atoms with Crippen molar-refractivity contribution < 1.29 is 31.1 Å². The van der Waals surface area contributed by atoms with Gasteiger partial charge in [-0.2, -0.15) is 4.31 Å². The van der Waals surface area contributed by atoms with Gasteiger partial charge in [0, 0.05) is 26.2 Å². The number of ether oxygens (including phenoxy) is 1. The number of rotatable bonds is 15. The lowest BCUT2D eigenvalue weighted by atomic mass is 10.1. The van der Waals surface area contributed by atoms with E-state index in [1.807, 2.05) is 13.8 Å². The molecular formula is C25H39N3O7S2. The molecule has 2 aromatic rings. The number of aliphatic hydroxyl groups is 1. The van der Waals surface area contributed by atoms with E-state index in [0.29, 0.717) is 12.3 Å². The van der Waals surface area contributed by atoms with E-state index >= 15 is 0 Å². The Hall–Kier alpha value is -1.99. The van der Waals surface area contributed by atoms with Gasteiger partial charge < -0.3 is 14.3 Å². The van der Waals surface area contributed by atoms with Crippen molar-refractivity contribution >= 4 is 20.0 Å². The molecule has 0 bridgehead atoms. The van der Waals surface area contributed by atoms with Crippen molar-refractivity contribution in [2.24, 2.45) is 11.8 Å². The van der Waals surface area contributed by atoms with E-state index < -0.39 is 26.2 Å². The van der Waals surface area contributed by atoms with Gasteiger partial charge in [0.05, 0.1) is 24.3 Å². The van der Waals surface area contributed by atoms with E-state index in [1.165, 1.54) is 40.4 Å². The number of methoxy groups -OCH3 is 1. The molecule has 1 aromatic carbocycles. The zero-order chi connectivity index (χ0) is 27.1. The summed E-state index contributed by atoms with van der Waals surface area (Å²) in [5.74, 6) is 0.797. The van der Waals surface area contributed by atoms with Crippen LogP contribution in [-0.2, 0) is 25.8 Å². The molecule has 208 valence electrons. The second-order valence-electron chi connectivity index (χ2n) is 10.1. The van der Waals surface area contributed by atoms with Crippen LogP contribution in [0.2, 0.25) is 0 Å². The lowest BCUT2D eigenvalue weighted by Gasteiger charge is -2.28. The van der Waals surface area contributed by atoms with Crippen LogP contribution in [0.5, 0.6) is 5.75 Å². The van der Waals surface area contributed by atoms with Crippen LogP contribution in [0.25, 0.3) is 0 Å². The molecule has 1 heterocycles. The first-order valence-corrected chi connectivity index (χ1v) is 15.7. The Bertz CT molecular complexity index is 1160. The molecule has 12 heteroatoms. The Balaban J connectivity index is 1.71. The Labute approximate surface area is 220 Å². The summed E-state index contributed by atoms with van der Waals surface area (Å²) in [5.41, 5.74) is 0. The molecular weight excluding hydrogens is 518 g/mol. The van der Waals surface area contributed by atoms with Gasteiger partial charge in [-0.25, -0.2) is 26.1 Å². The minimum atomic E-state index is -3.87. The van der Waals surface area contributed by atoms with E-state index in [2.05, 4.69) is 4.98 Å². The number of nitrogens with zero attached hydrogens (tertiary/aromatic N) is 3. The molecule has 1 atom stereocenters. The molecule has 1 fully saturated rings. The molecule has 1 aliphatic rings. The molecule has 0 saturated heterocycles. The fraction of sp³-hybridized carbons (Fsp3) is 0.640. The normalized spacial score (nSPS) is 16.2. The summed E-state index contributed by atoms with van der Waals surface area (Å²) in [6.45, 7) is 4.37. The molecule has 0 spiro atoms. The summed E-state index contributed by atoms with van der Waals surface area (Å²) in [5, 5.41) is 10.9. The highest BCUT2D eigenvalue weighted by Crippen LogP contribution is 2.27. The van der Waals surface area contributed by atoms with Crippen molar-refractivity contribution in [1.82, 2.24) is 13.6 Å². The summed E-state index contributed by atoms with van der Waals surface area (Å²) in [6, 6.07) is 6.12. The first kappa shape index (κ1) is 29.6. The maximum absolute atomic E-state index is 13.4. The summed E-state index contributed by atoms with van der Waals surface area (Å²) in [4.78, 5) is 3.91. The van der Waals surface area contributed by atoms with E-state index in [1.54, 1.807) is 12.1 Å². The van der Waals surface area contributed by atoms with Crippen LogP contribution in [-0.4, -0.2) is 74.9 Å². The van der Waals surface area contributed by atoms with E-state index in [-0.39, 0.29) is 54.3 Å². The highest BCUT2D eigenvalue weighted by Gasteiger charge is 2.31. The molecule has 1 saturated carbocycles. The zero-order valence-electron chi connectivity index (χ0n) is 21.8. The van der Waals surface area contributed by atoms with Crippen molar-refractivity contribution in [3.05, 3.63) is 42.6 Å². The molecule has 1 aliphatic carbocycles. The summed E-state index contributed by atoms with van der Waals surface area (Å²) < 4.78 is 66.1.